The lowest BCUT2D eigenvalue weighted by Crippen LogP contribution is -2.05. The van der Waals surface area contributed by atoms with Gasteiger partial charge in [-0.1, -0.05) is 65.2 Å². The van der Waals surface area contributed by atoms with E-state index in [2.05, 4.69) is 13.8 Å². The first kappa shape index (κ1) is 21.9. The molecule has 0 amide bonds. The van der Waals surface area contributed by atoms with Crippen LogP contribution in [0.15, 0.2) is 0 Å². The van der Waals surface area contributed by atoms with Gasteiger partial charge in [0.05, 0.1) is 6.61 Å². The smallest absolute Gasteiger partial charge is 0.305 e. The Labute approximate surface area is 142 Å². The Hall–Kier alpha value is -1.06. The summed E-state index contributed by atoms with van der Waals surface area (Å²) in [5.74, 6) is -0.0941. The lowest BCUT2D eigenvalue weighted by atomic mass is 10.0. The van der Waals surface area contributed by atoms with Gasteiger partial charge in [-0.15, -0.1) is 0 Å². The first-order valence-electron chi connectivity index (χ1n) is 9.39. The highest BCUT2D eigenvalue weighted by molar-refractivity contribution is 5.69. The van der Waals surface area contributed by atoms with Crippen molar-refractivity contribution in [3.8, 4) is 0 Å². The van der Waals surface area contributed by atoms with E-state index in [4.69, 9.17) is 9.84 Å². The van der Waals surface area contributed by atoms with Crippen LogP contribution in [0.2, 0.25) is 0 Å². The third-order valence-corrected chi connectivity index (χ3v) is 3.96. The van der Waals surface area contributed by atoms with Gasteiger partial charge < -0.3 is 9.84 Å². The van der Waals surface area contributed by atoms with Crippen LogP contribution in [-0.4, -0.2) is 23.7 Å². The summed E-state index contributed by atoms with van der Waals surface area (Å²) >= 11 is 0. The van der Waals surface area contributed by atoms with E-state index in [1.54, 1.807) is 0 Å². The Morgan fingerprint density at radius 3 is 1.91 bits per heavy atom. The van der Waals surface area contributed by atoms with E-state index >= 15 is 0 Å². The van der Waals surface area contributed by atoms with Crippen LogP contribution in [-0.2, 0) is 14.3 Å². The summed E-state index contributed by atoms with van der Waals surface area (Å²) in [6.45, 7) is 5.08. The number of hydrogen-bond acceptors (Lipinski definition) is 3. The fourth-order valence-corrected chi connectivity index (χ4v) is 2.52. The van der Waals surface area contributed by atoms with E-state index in [1.807, 2.05) is 0 Å². The van der Waals surface area contributed by atoms with Gasteiger partial charge in [-0.05, 0) is 25.2 Å². The van der Waals surface area contributed by atoms with Crippen molar-refractivity contribution in [2.75, 3.05) is 6.61 Å². The number of aliphatic carboxylic acids is 1. The second-order valence-electron chi connectivity index (χ2n) is 6.83. The second kappa shape index (κ2) is 15.8. The maximum Gasteiger partial charge on any atom is 0.305 e. The summed E-state index contributed by atoms with van der Waals surface area (Å²) in [6.07, 6.45) is 12.7. The van der Waals surface area contributed by atoms with Crippen molar-refractivity contribution in [1.82, 2.24) is 0 Å². The van der Waals surface area contributed by atoms with Crippen LogP contribution in [0.4, 0.5) is 0 Å². The molecule has 4 heteroatoms. The third kappa shape index (κ3) is 18.9. The summed E-state index contributed by atoms with van der Waals surface area (Å²) in [6, 6.07) is 0. The zero-order chi connectivity index (χ0) is 17.3. The molecular weight excluding hydrogens is 292 g/mol. The second-order valence-corrected chi connectivity index (χ2v) is 6.83. The molecule has 0 aromatic carbocycles. The molecule has 0 rings (SSSR count). The number of carboxylic acids is 1. The van der Waals surface area contributed by atoms with E-state index in [9.17, 15) is 9.59 Å². The molecule has 23 heavy (non-hydrogen) atoms. The summed E-state index contributed by atoms with van der Waals surface area (Å²) in [7, 11) is 0. The van der Waals surface area contributed by atoms with Gasteiger partial charge in [0.25, 0.3) is 0 Å². The minimum Gasteiger partial charge on any atom is -0.481 e. The van der Waals surface area contributed by atoms with Crippen LogP contribution in [0, 0.1) is 5.92 Å². The van der Waals surface area contributed by atoms with E-state index in [0.29, 0.717) is 19.4 Å². The molecule has 0 aliphatic carbocycles. The standard InChI is InChI=1S/C19H36O4/c1-17(2)13-9-6-4-3-5-7-12-16-23-19(22)15-11-8-10-14-18(20)21/h17H,3-16H2,1-2H3,(H,20,21). The fraction of sp³-hybridized carbons (Fsp3) is 0.895. The monoisotopic (exact) mass is 328 g/mol. The molecule has 0 radical (unpaired) electrons. The fourth-order valence-electron chi connectivity index (χ4n) is 2.52. The van der Waals surface area contributed by atoms with Crippen molar-refractivity contribution in [3.63, 3.8) is 0 Å². The molecule has 0 bridgehead atoms. The molecule has 0 spiro atoms. The number of ether oxygens (including phenoxy) is 1. The molecule has 0 fully saturated rings. The summed E-state index contributed by atoms with van der Waals surface area (Å²) in [5, 5.41) is 8.50. The van der Waals surface area contributed by atoms with Crippen LogP contribution in [0.25, 0.3) is 0 Å². The van der Waals surface area contributed by atoms with Crippen molar-refractivity contribution >= 4 is 11.9 Å². The predicted molar refractivity (Wildman–Crippen MR) is 93.5 cm³/mol. The number of carboxylic acid groups (broad SMARTS) is 1. The summed E-state index contributed by atoms with van der Waals surface area (Å²) < 4.78 is 5.19. The van der Waals surface area contributed by atoms with E-state index in [1.165, 1.54) is 38.5 Å². The highest BCUT2D eigenvalue weighted by Gasteiger charge is 2.03. The molecule has 0 saturated heterocycles. The molecule has 0 unspecified atom stereocenters. The van der Waals surface area contributed by atoms with E-state index in [-0.39, 0.29) is 12.4 Å². The van der Waals surface area contributed by atoms with Crippen molar-refractivity contribution in [2.24, 2.45) is 5.92 Å². The Kier molecular flexibility index (Phi) is 15.1. The molecular formula is C19H36O4. The number of carbonyl (C=O) groups excluding carboxylic acids is 1. The van der Waals surface area contributed by atoms with Gasteiger partial charge in [-0.25, -0.2) is 0 Å². The van der Waals surface area contributed by atoms with Crippen LogP contribution in [0.1, 0.15) is 97.3 Å². The molecule has 0 saturated carbocycles. The molecule has 1 N–H and O–H groups in total. The van der Waals surface area contributed by atoms with Gasteiger partial charge in [0.1, 0.15) is 0 Å². The first-order valence-corrected chi connectivity index (χ1v) is 9.39. The van der Waals surface area contributed by atoms with Gasteiger partial charge in [0, 0.05) is 12.8 Å². The van der Waals surface area contributed by atoms with Gasteiger partial charge in [-0.2, -0.15) is 0 Å². The molecule has 4 nitrogen and oxygen atoms in total. The summed E-state index contributed by atoms with van der Waals surface area (Å²) in [5.41, 5.74) is 0. The maximum atomic E-state index is 11.5. The van der Waals surface area contributed by atoms with Crippen LogP contribution < -0.4 is 0 Å². The van der Waals surface area contributed by atoms with Crippen molar-refractivity contribution in [2.45, 2.75) is 97.3 Å². The SMILES string of the molecule is CC(C)CCCCCCCCCOC(=O)CCCCCC(=O)O. The van der Waals surface area contributed by atoms with Crippen LogP contribution in [0.5, 0.6) is 0 Å². The van der Waals surface area contributed by atoms with E-state index in [0.717, 1.165) is 31.6 Å². The first-order chi connectivity index (χ1) is 11.0. The number of rotatable bonds is 16. The van der Waals surface area contributed by atoms with Gasteiger partial charge in [0.2, 0.25) is 0 Å². The van der Waals surface area contributed by atoms with Crippen LogP contribution in [0.3, 0.4) is 0 Å². The molecule has 0 aliphatic heterocycles. The van der Waals surface area contributed by atoms with Gasteiger partial charge in [0.15, 0.2) is 0 Å². The number of carbonyl (C=O) groups is 2. The minimum absolute atomic E-state index is 0.144. The molecule has 0 aliphatic rings. The Balaban J connectivity index is 3.19. The lowest BCUT2D eigenvalue weighted by Gasteiger charge is -2.06. The summed E-state index contributed by atoms with van der Waals surface area (Å²) in [4.78, 5) is 21.8. The molecule has 0 atom stereocenters. The quantitative estimate of drug-likeness (QED) is 0.307. The molecule has 0 heterocycles. The highest BCUT2D eigenvalue weighted by atomic mass is 16.5. The van der Waals surface area contributed by atoms with E-state index < -0.39 is 5.97 Å². The van der Waals surface area contributed by atoms with Crippen molar-refractivity contribution in [1.29, 1.82) is 0 Å². The van der Waals surface area contributed by atoms with Crippen molar-refractivity contribution < 1.29 is 19.4 Å². The lowest BCUT2D eigenvalue weighted by molar-refractivity contribution is -0.143. The Morgan fingerprint density at radius 2 is 1.30 bits per heavy atom. The minimum atomic E-state index is -0.771. The normalized spacial score (nSPS) is 10.9. The molecule has 136 valence electrons. The zero-order valence-corrected chi connectivity index (χ0v) is 15.1. The highest BCUT2D eigenvalue weighted by Crippen LogP contribution is 2.12. The van der Waals surface area contributed by atoms with Crippen LogP contribution >= 0.6 is 0 Å². The predicted octanol–water partition coefficient (Wildman–Crippen LogP) is 5.34. The third-order valence-electron chi connectivity index (χ3n) is 3.96. The topological polar surface area (TPSA) is 63.6 Å². The largest absolute Gasteiger partial charge is 0.481 e. The number of hydrogen-bond donors (Lipinski definition) is 1. The molecule has 0 aromatic heterocycles. The Bertz CT molecular complexity index is 300. The molecule has 0 aromatic rings. The number of unbranched alkanes of at least 4 members (excludes halogenated alkanes) is 8. The van der Waals surface area contributed by atoms with Crippen molar-refractivity contribution in [3.05, 3.63) is 0 Å². The van der Waals surface area contributed by atoms with Gasteiger partial charge in [-0.3, -0.25) is 9.59 Å². The average Bonchev–Trinajstić information content (AvgIpc) is 2.48. The average molecular weight is 328 g/mol. The zero-order valence-electron chi connectivity index (χ0n) is 15.1. The number of esters is 1. The Morgan fingerprint density at radius 1 is 0.783 bits per heavy atom. The maximum absolute atomic E-state index is 11.5. The van der Waals surface area contributed by atoms with Gasteiger partial charge >= 0.3 is 11.9 Å².